The van der Waals surface area contributed by atoms with Crippen molar-refractivity contribution in [3.05, 3.63) is 35.6 Å². The molecule has 0 saturated carbocycles. The molecule has 2 aliphatic rings. The molecule has 24 heavy (non-hydrogen) atoms. The van der Waals surface area contributed by atoms with Crippen molar-refractivity contribution in [2.24, 2.45) is 5.92 Å². The Morgan fingerprint density at radius 2 is 2.21 bits per heavy atom. The second kappa shape index (κ2) is 7.59. The summed E-state index contributed by atoms with van der Waals surface area (Å²) in [6.45, 7) is 2.84. The van der Waals surface area contributed by atoms with Gasteiger partial charge in [-0.25, -0.2) is 4.39 Å². The summed E-state index contributed by atoms with van der Waals surface area (Å²) >= 11 is 0. The molecule has 2 N–H and O–H groups in total. The van der Waals surface area contributed by atoms with Gasteiger partial charge in [-0.15, -0.1) is 0 Å². The number of benzene rings is 1. The second-order valence-corrected chi connectivity index (χ2v) is 6.78. The molecule has 2 saturated heterocycles. The number of amides is 1. The van der Waals surface area contributed by atoms with Crippen LogP contribution in [0.1, 0.15) is 18.4 Å². The van der Waals surface area contributed by atoms with Gasteiger partial charge in [0.05, 0.1) is 19.8 Å². The first-order chi connectivity index (χ1) is 11.6. The van der Waals surface area contributed by atoms with Gasteiger partial charge in [-0.1, -0.05) is 12.1 Å². The number of piperidine rings is 1. The van der Waals surface area contributed by atoms with Crippen LogP contribution in [-0.4, -0.2) is 60.9 Å². The van der Waals surface area contributed by atoms with Gasteiger partial charge in [0.25, 0.3) is 0 Å². The minimum absolute atomic E-state index is 0.0508. The van der Waals surface area contributed by atoms with Crippen molar-refractivity contribution < 1.29 is 19.0 Å². The average molecular weight is 336 g/mol. The van der Waals surface area contributed by atoms with Gasteiger partial charge in [-0.3, -0.25) is 4.79 Å². The van der Waals surface area contributed by atoms with Crippen molar-refractivity contribution >= 4 is 5.91 Å². The number of hydrogen-bond donors (Lipinski definition) is 2. The first-order valence-corrected chi connectivity index (χ1v) is 8.61. The van der Waals surface area contributed by atoms with Gasteiger partial charge < -0.3 is 20.1 Å². The molecule has 3 rings (SSSR count). The highest BCUT2D eigenvalue weighted by molar-refractivity contribution is 5.79. The van der Waals surface area contributed by atoms with Crippen LogP contribution in [0, 0.1) is 11.7 Å². The summed E-state index contributed by atoms with van der Waals surface area (Å²) in [6.07, 6.45) is 2.09. The van der Waals surface area contributed by atoms with Crippen LogP contribution in [0.15, 0.2) is 24.3 Å². The van der Waals surface area contributed by atoms with Gasteiger partial charge in [0, 0.05) is 18.9 Å². The fourth-order valence-electron chi connectivity index (χ4n) is 3.64. The zero-order valence-corrected chi connectivity index (χ0v) is 13.8. The quantitative estimate of drug-likeness (QED) is 0.860. The summed E-state index contributed by atoms with van der Waals surface area (Å²) in [6, 6.07) is 6.31. The van der Waals surface area contributed by atoms with Crippen LogP contribution in [0.2, 0.25) is 0 Å². The highest BCUT2D eigenvalue weighted by Gasteiger charge is 2.39. The number of aliphatic hydroxyl groups excluding tert-OH is 1. The monoisotopic (exact) mass is 336 g/mol. The Labute approximate surface area is 141 Å². The van der Waals surface area contributed by atoms with Crippen molar-refractivity contribution in [3.8, 4) is 0 Å². The smallest absolute Gasteiger partial charge is 0.225 e. The number of halogens is 1. The molecule has 0 radical (unpaired) electrons. The van der Waals surface area contributed by atoms with Gasteiger partial charge in [-0.05, 0) is 43.6 Å². The van der Waals surface area contributed by atoms with E-state index in [0.717, 1.165) is 31.5 Å². The van der Waals surface area contributed by atoms with Crippen molar-refractivity contribution in [3.63, 3.8) is 0 Å². The van der Waals surface area contributed by atoms with Crippen LogP contribution in [0.5, 0.6) is 0 Å². The molecule has 0 aromatic heterocycles. The van der Waals surface area contributed by atoms with Gasteiger partial charge in [-0.2, -0.15) is 0 Å². The van der Waals surface area contributed by atoms with E-state index in [2.05, 4.69) is 5.32 Å². The third-order valence-electron chi connectivity index (χ3n) is 4.95. The third kappa shape index (κ3) is 3.94. The first kappa shape index (κ1) is 17.3. The molecule has 0 bridgehead atoms. The maximum absolute atomic E-state index is 13.4. The summed E-state index contributed by atoms with van der Waals surface area (Å²) < 4.78 is 19.3. The number of nitrogens with zero attached hydrogens (tertiary/aromatic N) is 1. The van der Waals surface area contributed by atoms with Crippen molar-refractivity contribution in [2.45, 2.75) is 24.9 Å². The third-order valence-corrected chi connectivity index (χ3v) is 4.95. The average Bonchev–Trinajstić information content (AvgIpc) is 2.62. The highest BCUT2D eigenvalue weighted by Crippen LogP contribution is 2.26. The molecule has 6 heteroatoms. The van der Waals surface area contributed by atoms with E-state index in [1.54, 1.807) is 6.07 Å². The summed E-state index contributed by atoms with van der Waals surface area (Å²) in [5, 5.41) is 13.2. The fourth-order valence-corrected chi connectivity index (χ4v) is 3.64. The number of aliphatic hydroxyl groups is 1. The zero-order valence-electron chi connectivity index (χ0n) is 13.8. The van der Waals surface area contributed by atoms with Gasteiger partial charge in [0.2, 0.25) is 5.91 Å². The number of carbonyl (C=O) groups is 1. The van der Waals surface area contributed by atoms with Crippen LogP contribution in [-0.2, 0) is 16.0 Å². The van der Waals surface area contributed by atoms with E-state index in [4.69, 9.17) is 4.74 Å². The molecule has 1 atom stereocenters. The summed E-state index contributed by atoms with van der Waals surface area (Å²) in [4.78, 5) is 14.6. The van der Waals surface area contributed by atoms with Gasteiger partial charge >= 0.3 is 0 Å². The first-order valence-electron chi connectivity index (χ1n) is 8.61. The van der Waals surface area contributed by atoms with E-state index >= 15 is 0 Å². The minimum atomic E-state index is -0.853. The van der Waals surface area contributed by atoms with E-state index in [1.165, 1.54) is 12.1 Å². The molecule has 1 amide bonds. The van der Waals surface area contributed by atoms with Crippen molar-refractivity contribution in [1.29, 1.82) is 0 Å². The number of rotatable bonds is 4. The summed E-state index contributed by atoms with van der Waals surface area (Å²) in [7, 11) is 0. The molecule has 0 aliphatic carbocycles. The molecule has 1 aromatic rings. The standard InChI is InChI=1S/C18H25FN2O3/c19-16-3-1-2-14(10-16)11-18(13-22)12-21(8-9-24-18)17(23)15-4-6-20-7-5-15/h1-3,10,15,20,22H,4-9,11-13H2/t18-/m1/s1. The van der Waals surface area contributed by atoms with Gasteiger partial charge in [0.1, 0.15) is 11.4 Å². The predicted molar refractivity (Wildman–Crippen MR) is 88.0 cm³/mol. The molecule has 0 spiro atoms. The Bertz CT molecular complexity index is 577. The van der Waals surface area contributed by atoms with E-state index in [9.17, 15) is 14.3 Å². The molecule has 2 aliphatic heterocycles. The minimum Gasteiger partial charge on any atom is -0.393 e. The lowest BCUT2D eigenvalue weighted by atomic mass is 9.91. The normalized spacial score (nSPS) is 25.7. The fraction of sp³-hybridized carbons (Fsp3) is 0.611. The second-order valence-electron chi connectivity index (χ2n) is 6.78. The van der Waals surface area contributed by atoms with E-state index in [1.807, 2.05) is 11.0 Å². The molecular weight excluding hydrogens is 311 g/mol. The molecule has 2 fully saturated rings. The lowest BCUT2D eigenvalue weighted by Crippen LogP contribution is -2.58. The Morgan fingerprint density at radius 1 is 1.42 bits per heavy atom. The SMILES string of the molecule is O=C(C1CCNCC1)N1CCO[C@](CO)(Cc2cccc(F)c2)C1. The van der Waals surface area contributed by atoms with Crippen LogP contribution in [0.25, 0.3) is 0 Å². The van der Waals surface area contributed by atoms with Crippen molar-refractivity contribution in [1.82, 2.24) is 10.2 Å². The van der Waals surface area contributed by atoms with Crippen LogP contribution >= 0.6 is 0 Å². The number of morpholine rings is 1. The van der Waals surface area contributed by atoms with Crippen molar-refractivity contribution in [2.75, 3.05) is 39.4 Å². The predicted octanol–water partition coefficient (Wildman–Crippen LogP) is 0.958. The molecule has 2 heterocycles. The number of carbonyl (C=O) groups excluding carboxylic acids is 1. The number of nitrogens with one attached hydrogen (secondary N) is 1. The molecule has 0 unspecified atom stereocenters. The molecule has 132 valence electrons. The van der Waals surface area contributed by atoms with E-state index in [0.29, 0.717) is 26.1 Å². The Morgan fingerprint density at radius 3 is 2.92 bits per heavy atom. The largest absolute Gasteiger partial charge is 0.393 e. The Balaban J connectivity index is 1.70. The molecule has 5 nitrogen and oxygen atoms in total. The number of hydrogen-bond acceptors (Lipinski definition) is 4. The Hall–Kier alpha value is -1.50. The summed E-state index contributed by atoms with van der Waals surface area (Å²) in [5.41, 5.74) is -0.0885. The van der Waals surface area contributed by atoms with Gasteiger partial charge in [0.15, 0.2) is 0 Å². The summed E-state index contributed by atoms with van der Waals surface area (Å²) in [5.74, 6) is -0.106. The molecular formula is C18H25FN2O3. The maximum Gasteiger partial charge on any atom is 0.225 e. The maximum atomic E-state index is 13.4. The lowest BCUT2D eigenvalue weighted by Gasteiger charge is -2.43. The van der Waals surface area contributed by atoms with Crippen LogP contribution in [0.3, 0.4) is 0 Å². The number of ether oxygens (including phenoxy) is 1. The molecule has 1 aromatic carbocycles. The van der Waals surface area contributed by atoms with Crippen LogP contribution in [0.4, 0.5) is 4.39 Å². The Kier molecular flexibility index (Phi) is 5.48. The lowest BCUT2D eigenvalue weighted by molar-refractivity contribution is -0.161. The zero-order chi connectivity index (χ0) is 17.0. The van der Waals surface area contributed by atoms with E-state index in [-0.39, 0.29) is 24.2 Å². The topological polar surface area (TPSA) is 61.8 Å². The van der Waals surface area contributed by atoms with Crippen LogP contribution < -0.4 is 5.32 Å². The van der Waals surface area contributed by atoms with E-state index < -0.39 is 5.60 Å². The highest BCUT2D eigenvalue weighted by atomic mass is 19.1.